The molecule has 2 heterocycles. The van der Waals surface area contributed by atoms with Crippen LogP contribution in [0.3, 0.4) is 0 Å². The summed E-state index contributed by atoms with van der Waals surface area (Å²) in [5, 5.41) is 7.12. The second-order valence-electron chi connectivity index (χ2n) is 3.81. The van der Waals surface area contributed by atoms with Crippen molar-refractivity contribution >= 4 is 5.82 Å². The number of pyridine rings is 1. The Balaban J connectivity index is 2.14. The van der Waals surface area contributed by atoms with Gasteiger partial charge < -0.3 is 15.5 Å². The topological polar surface area (TPSA) is 107 Å². The molecule has 0 aliphatic rings. The van der Waals surface area contributed by atoms with E-state index in [4.69, 9.17) is 10.5 Å². The van der Waals surface area contributed by atoms with E-state index in [1.54, 1.807) is 0 Å². The van der Waals surface area contributed by atoms with Gasteiger partial charge in [-0.15, -0.1) is 0 Å². The highest BCUT2D eigenvalue weighted by Gasteiger charge is 2.09. The molecule has 2 rings (SSSR count). The number of hydrogen-bond acceptors (Lipinski definition) is 6. The molecule has 0 amide bonds. The average Bonchev–Trinajstić information content (AvgIpc) is 2.74. The lowest BCUT2D eigenvalue weighted by molar-refractivity contribution is 0.305. The van der Waals surface area contributed by atoms with E-state index in [0.717, 1.165) is 6.42 Å². The van der Waals surface area contributed by atoms with Crippen LogP contribution in [-0.4, -0.2) is 21.9 Å². The molecule has 0 radical (unpaired) electrons. The molecule has 7 nitrogen and oxygen atoms in total. The molecule has 0 saturated carbocycles. The van der Waals surface area contributed by atoms with Crippen LogP contribution in [0, 0.1) is 0 Å². The number of ether oxygens (including phenoxy) is 1. The highest BCUT2D eigenvalue weighted by molar-refractivity contribution is 5.34. The summed E-state index contributed by atoms with van der Waals surface area (Å²) in [5.74, 6) is 0.536. The number of anilines is 1. The third-order valence-corrected chi connectivity index (χ3v) is 2.34. The van der Waals surface area contributed by atoms with Crippen LogP contribution in [0.1, 0.15) is 24.7 Å². The molecule has 7 heteroatoms. The maximum atomic E-state index is 11.7. The van der Waals surface area contributed by atoms with Crippen molar-refractivity contribution in [1.29, 1.82) is 0 Å². The third kappa shape index (κ3) is 2.68. The summed E-state index contributed by atoms with van der Waals surface area (Å²) in [6, 6.07) is 1.46. The zero-order chi connectivity index (χ0) is 13.0. The van der Waals surface area contributed by atoms with Gasteiger partial charge >= 0.3 is 0 Å². The third-order valence-electron chi connectivity index (χ3n) is 2.34. The first-order valence-electron chi connectivity index (χ1n) is 5.62. The molecule has 0 unspecified atom stereocenters. The Kier molecular flexibility index (Phi) is 3.61. The van der Waals surface area contributed by atoms with Crippen LogP contribution in [0.2, 0.25) is 0 Å². The number of aromatic nitrogens is 3. The monoisotopic (exact) mass is 250 g/mol. The van der Waals surface area contributed by atoms with E-state index in [1.807, 2.05) is 6.92 Å². The number of nitrogens with one attached hydrogen (secondary N) is 1. The molecule has 18 heavy (non-hydrogen) atoms. The number of nitrogens with two attached hydrogens (primary N) is 1. The normalized spacial score (nSPS) is 10.5. The number of aromatic amines is 1. The first kappa shape index (κ1) is 12.2. The minimum Gasteiger partial charge on any atom is -0.488 e. The number of H-pyrrole nitrogens is 1. The van der Waals surface area contributed by atoms with Crippen LogP contribution < -0.4 is 15.9 Å². The first-order valence-corrected chi connectivity index (χ1v) is 5.62. The molecule has 96 valence electrons. The van der Waals surface area contributed by atoms with Crippen molar-refractivity contribution in [1.82, 2.24) is 15.3 Å². The Morgan fingerprint density at radius 2 is 2.33 bits per heavy atom. The van der Waals surface area contributed by atoms with Crippen LogP contribution in [0.5, 0.6) is 5.75 Å². The van der Waals surface area contributed by atoms with Crippen molar-refractivity contribution in [2.24, 2.45) is 0 Å². The van der Waals surface area contributed by atoms with E-state index in [2.05, 4.69) is 19.9 Å². The molecule has 0 spiro atoms. The highest BCUT2D eigenvalue weighted by atomic mass is 16.6. The quantitative estimate of drug-likeness (QED) is 0.809. The van der Waals surface area contributed by atoms with E-state index >= 15 is 0 Å². The summed E-state index contributed by atoms with van der Waals surface area (Å²) in [4.78, 5) is 14.7. The molecular formula is C11H14N4O3. The van der Waals surface area contributed by atoms with Crippen molar-refractivity contribution in [3.63, 3.8) is 0 Å². The fraction of sp³-hybridized carbons (Fsp3) is 0.364. The second kappa shape index (κ2) is 5.35. The molecule has 2 aromatic rings. The van der Waals surface area contributed by atoms with E-state index < -0.39 is 0 Å². The minimum atomic E-state index is -0.174. The predicted octanol–water partition coefficient (Wildman–Crippen LogP) is 0.720. The number of rotatable bonds is 5. The van der Waals surface area contributed by atoms with E-state index in [0.29, 0.717) is 30.2 Å². The molecule has 0 atom stereocenters. The predicted molar refractivity (Wildman–Crippen MR) is 64.4 cm³/mol. The summed E-state index contributed by atoms with van der Waals surface area (Å²) < 4.78 is 9.77. The molecule has 0 aliphatic heterocycles. The lowest BCUT2D eigenvalue weighted by Gasteiger charge is -2.04. The Labute approximate surface area is 103 Å². The van der Waals surface area contributed by atoms with Gasteiger partial charge in [-0.2, -0.15) is 0 Å². The summed E-state index contributed by atoms with van der Waals surface area (Å²) in [6.45, 7) is 2.49. The van der Waals surface area contributed by atoms with E-state index in [9.17, 15) is 4.79 Å². The Morgan fingerprint density at radius 3 is 2.94 bits per heavy atom. The molecule has 0 aliphatic carbocycles. The summed E-state index contributed by atoms with van der Waals surface area (Å²) in [7, 11) is 0. The van der Waals surface area contributed by atoms with Gasteiger partial charge in [-0.3, -0.25) is 4.79 Å². The smallest absolute Gasteiger partial charge is 0.223 e. The van der Waals surface area contributed by atoms with Crippen molar-refractivity contribution in [2.75, 3.05) is 12.3 Å². The molecule has 2 aromatic heterocycles. The Morgan fingerprint density at radius 1 is 1.50 bits per heavy atom. The average molecular weight is 250 g/mol. The lowest BCUT2D eigenvalue weighted by atomic mass is 10.2. The van der Waals surface area contributed by atoms with Crippen molar-refractivity contribution in [3.05, 3.63) is 33.9 Å². The van der Waals surface area contributed by atoms with Gasteiger partial charge in [-0.05, 0) is 11.6 Å². The van der Waals surface area contributed by atoms with Crippen molar-refractivity contribution in [3.8, 4) is 5.75 Å². The first-order chi connectivity index (χ1) is 8.70. The van der Waals surface area contributed by atoms with Gasteiger partial charge in [0.1, 0.15) is 5.69 Å². The van der Waals surface area contributed by atoms with Crippen molar-refractivity contribution < 1.29 is 9.37 Å². The van der Waals surface area contributed by atoms with Crippen LogP contribution in [0.4, 0.5) is 5.82 Å². The minimum absolute atomic E-state index is 0.174. The van der Waals surface area contributed by atoms with Crippen molar-refractivity contribution in [2.45, 2.75) is 19.8 Å². The maximum absolute atomic E-state index is 11.7. The molecule has 0 bridgehead atoms. The zero-order valence-electron chi connectivity index (χ0n) is 9.97. The molecule has 0 aromatic carbocycles. The largest absolute Gasteiger partial charge is 0.488 e. The van der Waals surface area contributed by atoms with Gasteiger partial charge in [-0.25, -0.2) is 4.63 Å². The van der Waals surface area contributed by atoms with Gasteiger partial charge in [-0.1, -0.05) is 12.1 Å². The zero-order valence-corrected chi connectivity index (χ0v) is 9.97. The Hall–Kier alpha value is -2.31. The maximum Gasteiger partial charge on any atom is 0.223 e. The van der Waals surface area contributed by atoms with E-state index in [-0.39, 0.29) is 11.2 Å². The molecule has 0 saturated heterocycles. The summed E-state index contributed by atoms with van der Waals surface area (Å²) >= 11 is 0. The highest BCUT2D eigenvalue weighted by Crippen LogP contribution is 2.10. The molecular weight excluding hydrogens is 236 g/mol. The summed E-state index contributed by atoms with van der Waals surface area (Å²) in [6.07, 6.45) is 2.75. The van der Waals surface area contributed by atoms with Crippen LogP contribution >= 0.6 is 0 Å². The SMILES string of the molecule is CCCOc1c[nH]c(Cc2nonc2N)cc1=O. The second-order valence-corrected chi connectivity index (χ2v) is 3.81. The number of nitrogen functional groups attached to an aromatic ring is 1. The fourth-order valence-electron chi connectivity index (χ4n) is 1.44. The van der Waals surface area contributed by atoms with Crippen LogP contribution in [-0.2, 0) is 6.42 Å². The van der Waals surface area contributed by atoms with Gasteiger partial charge in [0.05, 0.1) is 6.61 Å². The Bertz CT molecular complexity index is 576. The van der Waals surface area contributed by atoms with Gasteiger partial charge in [0.15, 0.2) is 11.6 Å². The number of hydrogen-bond donors (Lipinski definition) is 2. The van der Waals surface area contributed by atoms with Crippen LogP contribution in [0.25, 0.3) is 0 Å². The molecule has 3 N–H and O–H groups in total. The number of nitrogens with zero attached hydrogens (tertiary/aromatic N) is 2. The van der Waals surface area contributed by atoms with Gasteiger partial charge in [0.25, 0.3) is 0 Å². The van der Waals surface area contributed by atoms with Crippen LogP contribution in [0.15, 0.2) is 21.7 Å². The standard InChI is InChI=1S/C11H14N4O3/c1-2-3-17-10-6-13-7(5-9(10)16)4-8-11(12)15-18-14-8/h5-6H,2-4H2,1H3,(H2,12,15)(H,13,16). The van der Waals surface area contributed by atoms with Gasteiger partial charge in [0, 0.05) is 24.4 Å². The summed E-state index contributed by atoms with van der Waals surface area (Å²) in [5.41, 5.74) is 6.53. The van der Waals surface area contributed by atoms with Gasteiger partial charge in [0.2, 0.25) is 5.43 Å². The lowest BCUT2D eigenvalue weighted by Crippen LogP contribution is -2.10. The van der Waals surface area contributed by atoms with E-state index in [1.165, 1.54) is 12.3 Å². The fourth-order valence-corrected chi connectivity index (χ4v) is 1.44. The molecule has 0 fully saturated rings.